The number of halogens is 2. The number of hydrogen-bond acceptors (Lipinski definition) is 2. The van der Waals surface area contributed by atoms with E-state index in [-0.39, 0.29) is 12.1 Å². The maximum absolute atomic E-state index is 13.9. The molecule has 0 amide bonds. The summed E-state index contributed by atoms with van der Waals surface area (Å²) in [5.74, 6) is -2.79. The van der Waals surface area contributed by atoms with Crippen molar-refractivity contribution < 1.29 is 8.78 Å². The van der Waals surface area contributed by atoms with Crippen LogP contribution >= 0.6 is 0 Å². The quantitative estimate of drug-likeness (QED) is 0.738. The van der Waals surface area contributed by atoms with Gasteiger partial charge in [-0.15, -0.1) is 0 Å². The summed E-state index contributed by atoms with van der Waals surface area (Å²) in [7, 11) is 1.72. The molecule has 0 aliphatic carbocycles. The van der Waals surface area contributed by atoms with Gasteiger partial charge in [-0.1, -0.05) is 37.3 Å². The SMILES string of the molecule is CCNCCN(C)CC(F)(F)c1ccccc1. The Bertz CT molecular complexity index is 314. The zero-order valence-electron chi connectivity index (χ0n) is 10.4. The largest absolute Gasteiger partial charge is 0.316 e. The highest BCUT2D eigenvalue weighted by Crippen LogP contribution is 2.28. The van der Waals surface area contributed by atoms with Gasteiger partial charge in [0.05, 0.1) is 6.54 Å². The lowest BCUT2D eigenvalue weighted by Crippen LogP contribution is -2.36. The van der Waals surface area contributed by atoms with Crippen molar-refractivity contribution >= 4 is 0 Å². The van der Waals surface area contributed by atoms with Gasteiger partial charge in [0.2, 0.25) is 0 Å². The Morgan fingerprint density at radius 2 is 1.88 bits per heavy atom. The van der Waals surface area contributed by atoms with E-state index in [4.69, 9.17) is 0 Å². The number of benzene rings is 1. The predicted molar refractivity (Wildman–Crippen MR) is 66.4 cm³/mol. The number of nitrogens with one attached hydrogen (secondary N) is 1. The lowest BCUT2D eigenvalue weighted by Gasteiger charge is -2.24. The van der Waals surface area contributed by atoms with E-state index < -0.39 is 5.92 Å². The van der Waals surface area contributed by atoms with Crippen LogP contribution in [0, 0.1) is 0 Å². The lowest BCUT2D eigenvalue weighted by atomic mass is 10.1. The average molecular weight is 242 g/mol. The van der Waals surface area contributed by atoms with Gasteiger partial charge in [0, 0.05) is 18.7 Å². The van der Waals surface area contributed by atoms with Crippen LogP contribution in [0.2, 0.25) is 0 Å². The molecule has 0 radical (unpaired) electrons. The van der Waals surface area contributed by atoms with Crippen LogP contribution in [0.15, 0.2) is 30.3 Å². The molecule has 0 aromatic heterocycles. The Balaban J connectivity index is 2.49. The van der Waals surface area contributed by atoms with Gasteiger partial charge in [-0.05, 0) is 13.6 Å². The highest BCUT2D eigenvalue weighted by Gasteiger charge is 2.32. The van der Waals surface area contributed by atoms with Gasteiger partial charge >= 0.3 is 0 Å². The van der Waals surface area contributed by atoms with Crippen molar-refractivity contribution in [2.45, 2.75) is 12.8 Å². The van der Waals surface area contributed by atoms with Gasteiger partial charge in [0.15, 0.2) is 0 Å². The minimum atomic E-state index is -2.79. The van der Waals surface area contributed by atoms with Crippen molar-refractivity contribution in [3.8, 4) is 0 Å². The molecule has 4 heteroatoms. The molecule has 1 rings (SSSR count). The van der Waals surface area contributed by atoms with Crippen LogP contribution < -0.4 is 5.32 Å². The molecule has 0 saturated heterocycles. The fourth-order valence-electron chi connectivity index (χ4n) is 1.64. The minimum Gasteiger partial charge on any atom is -0.316 e. The molecule has 0 unspecified atom stereocenters. The van der Waals surface area contributed by atoms with Gasteiger partial charge in [-0.2, -0.15) is 8.78 Å². The molecule has 1 aromatic rings. The first-order valence-electron chi connectivity index (χ1n) is 5.89. The fraction of sp³-hybridized carbons (Fsp3) is 0.538. The molecule has 0 aliphatic rings. The van der Waals surface area contributed by atoms with Gasteiger partial charge < -0.3 is 5.32 Å². The van der Waals surface area contributed by atoms with Gasteiger partial charge in [-0.25, -0.2) is 0 Å². The number of nitrogens with zero attached hydrogens (tertiary/aromatic N) is 1. The van der Waals surface area contributed by atoms with Crippen molar-refractivity contribution in [1.82, 2.24) is 10.2 Å². The molecule has 2 nitrogen and oxygen atoms in total. The van der Waals surface area contributed by atoms with E-state index in [1.807, 2.05) is 6.92 Å². The van der Waals surface area contributed by atoms with Crippen LogP contribution in [0.5, 0.6) is 0 Å². The second kappa shape index (κ2) is 6.67. The maximum Gasteiger partial charge on any atom is 0.285 e. The Morgan fingerprint density at radius 3 is 2.47 bits per heavy atom. The molecule has 17 heavy (non-hydrogen) atoms. The summed E-state index contributed by atoms with van der Waals surface area (Å²) in [5, 5.41) is 3.12. The van der Waals surface area contributed by atoms with Crippen molar-refractivity contribution in [3.05, 3.63) is 35.9 Å². The number of alkyl halides is 2. The zero-order chi connectivity index (χ0) is 12.7. The number of hydrogen-bond donors (Lipinski definition) is 1. The molecule has 0 bridgehead atoms. The Kier molecular flexibility index (Phi) is 5.51. The molecule has 96 valence electrons. The van der Waals surface area contributed by atoms with Crippen molar-refractivity contribution in [2.75, 3.05) is 33.2 Å². The Hall–Kier alpha value is -1.00. The molecule has 0 fully saturated rings. The standard InChI is InChI=1S/C13H20F2N2/c1-3-16-9-10-17(2)11-13(14,15)12-7-5-4-6-8-12/h4-8,16H,3,9-11H2,1-2H3. The molecular weight excluding hydrogens is 222 g/mol. The van der Waals surface area contributed by atoms with E-state index >= 15 is 0 Å². The summed E-state index contributed by atoms with van der Waals surface area (Å²) in [5.41, 5.74) is 0.0790. The van der Waals surface area contributed by atoms with Crippen molar-refractivity contribution in [1.29, 1.82) is 0 Å². The zero-order valence-corrected chi connectivity index (χ0v) is 10.4. The maximum atomic E-state index is 13.9. The molecule has 0 spiro atoms. The molecule has 1 aromatic carbocycles. The van der Waals surface area contributed by atoms with E-state index in [1.54, 1.807) is 30.1 Å². The predicted octanol–water partition coefficient (Wildman–Crippen LogP) is 2.32. The molecular formula is C13H20F2N2. The first kappa shape index (κ1) is 14.1. The molecule has 1 N–H and O–H groups in total. The van der Waals surface area contributed by atoms with Gasteiger partial charge in [-0.3, -0.25) is 4.90 Å². The second-order valence-electron chi connectivity index (χ2n) is 4.16. The minimum absolute atomic E-state index is 0.0790. The van der Waals surface area contributed by atoms with Crippen LogP contribution in [-0.2, 0) is 5.92 Å². The third-order valence-corrected chi connectivity index (χ3v) is 2.58. The molecule has 0 saturated carbocycles. The van der Waals surface area contributed by atoms with Crippen LogP contribution in [0.25, 0.3) is 0 Å². The molecule has 0 heterocycles. The smallest absolute Gasteiger partial charge is 0.285 e. The first-order valence-corrected chi connectivity index (χ1v) is 5.89. The number of likely N-dealkylation sites (N-methyl/N-ethyl adjacent to an activating group) is 2. The van der Waals surface area contributed by atoms with Crippen LogP contribution in [0.3, 0.4) is 0 Å². The third kappa shape index (κ3) is 4.79. The van der Waals surface area contributed by atoms with Crippen LogP contribution in [-0.4, -0.2) is 38.1 Å². The Labute approximate surface area is 102 Å². The van der Waals surface area contributed by atoms with E-state index in [0.29, 0.717) is 6.54 Å². The highest BCUT2D eigenvalue weighted by atomic mass is 19.3. The normalized spacial score (nSPS) is 12.1. The topological polar surface area (TPSA) is 15.3 Å². The summed E-state index contributed by atoms with van der Waals surface area (Å²) in [4.78, 5) is 1.65. The van der Waals surface area contributed by atoms with E-state index in [1.165, 1.54) is 12.1 Å². The van der Waals surface area contributed by atoms with E-state index in [2.05, 4.69) is 5.32 Å². The van der Waals surface area contributed by atoms with E-state index in [0.717, 1.165) is 13.1 Å². The summed E-state index contributed by atoms with van der Waals surface area (Å²) in [6, 6.07) is 7.97. The van der Waals surface area contributed by atoms with Crippen LogP contribution in [0.1, 0.15) is 12.5 Å². The third-order valence-electron chi connectivity index (χ3n) is 2.58. The monoisotopic (exact) mass is 242 g/mol. The van der Waals surface area contributed by atoms with Crippen molar-refractivity contribution in [3.63, 3.8) is 0 Å². The van der Waals surface area contributed by atoms with Gasteiger partial charge in [0.25, 0.3) is 5.92 Å². The second-order valence-corrected chi connectivity index (χ2v) is 4.16. The number of rotatable bonds is 7. The first-order chi connectivity index (χ1) is 8.06. The summed E-state index contributed by atoms with van der Waals surface area (Å²) >= 11 is 0. The van der Waals surface area contributed by atoms with Crippen molar-refractivity contribution in [2.24, 2.45) is 0 Å². The Morgan fingerprint density at radius 1 is 1.24 bits per heavy atom. The highest BCUT2D eigenvalue weighted by molar-refractivity contribution is 5.20. The lowest BCUT2D eigenvalue weighted by molar-refractivity contribution is -0.0318. The average Bonchev–Trinajstić information content (AvgIpc) is 2.30. The molecule has 0 atom stereocenters. The summed E-state index contributed by atoms with van der Waals surface area (Å²) in [6.07, 6.45) is 0. The van der Waals surface area contributed by atoms with E-state index in [9.17, 15) is 8.78 Å². The van der Waals surface area contributed by atoms with Crippen LogP contribution in [0.4, 0.5) is 8.78 Å². The summed E-state index contributed by atoms with van der Waals surface area (Å²) in [6.45, 7) is 3.97. The summed E-state index contributed by atoms with van der Waals surface area (Å²) < 4.78 is 27.7. The molecule has 0 aliphatic heterocycles. The van der Waals surface area contributed by atoms with Gasteiger partial charge in [0.1, 0.15) is 0 Å². The fourth-order valence-corrected chi connectivity index (χ4v) is 1.64.